The maximum atomic E-state index is 13.6. The molecule has 208 valence electrons. The molecule has 3 aromatic rings. The average molecular weight is 610 g/mol. The van der Waals surface area contributed by atoms with Crippen molar-refractivity contribution in [2.45, 2.75) is 38.8 Å². The predicted octanol–water partition coefficient (Wildman–Crippen LogP) is 6.87. The Balaban J connectivity index is 1.66. The lowest BCUT2D eigenvalue weighted by molar-refractivity contribution is -0.147. The first kappa shape index (κ1) is 29.0. The summed E-state index contributed by atoms with van der Waals surface area (Å²) in [4.78, 5) is 38.5. The van der Waals surface area contributed by atoms with Gasteiger partial charge in [-0.2, -0.15) is 0 Å². The van der Waals surface area contributed by atoms with E-state index in [1.807, 2.05) is 18.2 Å². The van der Waals surface area contributed by atoms with Crippen LogP contribution in [0, 0.1) is 11.7 Å². The van der Waals surface area contributed by atoms with E-state index in [4.69, 9.17) is 14.2 Å². The Kier molecular flexibility index (Phi) is 9.37. The number of rotatable bonds is 11. The van der Waals surface area contributed by atoms with Crippen LogP contribution >= 0.6 is 15.9 Å². The van der Waals surface area contributed by atoms with Crippen LogP contribution < -0.4 is 14.4 Å². The van der Waals surface area contributed by atoms with Crippen molar-refractivity contribution in [2.75, 3.05) is 11.5 Å². The fraction of sp³-hybridized carbons (Fsp3) is 0.258. The molecule has 1 saturated heterocycles. The first-order valence-electron chi connectivity index (χ1n) is 12.7. The number of hydrogen-bond acceptors (Lipinski definition) is 6. The molecular weight excluding hydrogens is 581 g/mol. The molecule has 3 aromatic carbocycles. The summed E-state index contributed by atoms with van der Waals surface area (Å²) in [7, 11) is 0. The Morgan fingerprint density at radius 1 is 1.05 bits per heavy atom. The lowest BCUT2D eigenvalue weighted by Crippen LogP contribution is -2.55. The van der Waals surface area contributed by atoms with Crippen molar-refractivity contribution < 1.29 is 33.0 Å². The molecule has 40 heavy (non-hydrogen) atoms. The summed E-state index contributed by atoms with van der Waals surface area (Å²) in [6, 6.07) is 17.8. The molecule has 1 heterocycles. The number of carbonyl (C=O) groups excluding carboxylic acids is 3. The number of nitrogens with zero attached hydrogens (tertiary/aromatic N) is 1. The molecule has 7 nitrogen and oxygen atoms in total. The zero-order valence-electron chi connectivity index (χ0n) is 22.1. The molecule has 9 heteroatoms. The van der Waals surface area contributed by atoms with Gasteiger partial charge in [0.25, 0.3) is 0 Å². The molecule has 1 fully saturated rings. The van der Waals surface area contributed by atoms with E-state index in [-0.39, 0.29) is 18.6 Å². The van der Waals surface area contributed by atoms with E-state index in [9.17, 15) is 18.8 Å². The molecule has 0 N–H and O–H groups in total. The predicted molar refractivity (Wildman–Crippen MR) is 151 cm³/mol. The second-order valence-corrected chi connectivity index (χ2v) is 10.3. The van der Waals surface area contributed by atoms with E-state index in [2.05, 4.69) is 22.5 Å². The number of hydrogen-bond donors (Lipinski definition) is 0. The highest BCUT2D eigenvalue weighted by atomic mass is 79.9. The minimum Gasteiger partial charge on any atom is -0.489 e. The van der Waals surface area contributed by atoms with Gasteiger partial charge in [0.15, 0.2) is 0 Å². The van der Waals surface area contributed by atoms with E-state index < -0.39 is 29.8 Å². The SMILES string of the molecule is C=CCOc1cc(Br)ccc1[C@@H]1[C@@H](CC[C@H](OC(C)=O)c2ccc(F)cc2)C(=O)N1c1ccc(OC(C)=O)cc1. The minimum atomic E-state index is -0.634. The van der Waals surface area contributed by atoms with Crippen LogP contribution in [0.15, 0.2) is 83.9 Å². The standard InChI is InChI=1S/C31H29BrFNO6/c1-4-17-38-29-18-22(32)7-14-26(29)30-27(15-16-28(40-20(3)36)21-5-8-23(33)9-6-21)31(37)34(30)24-10-12-25(13-11-24)39-19(2)35/h4-14,18,27-28,30H,1,15-17H2,2-3H3/t27-,28+,30-/m1/s1. The van der Waals surface area contributed by atoms with Crippen molar-refractivity contribution in [1.29, 1.82) is 0 Å². The van der Waals surface area contributed by atoms with Gasteiger partial charge in [0.05, 0.1) is 12.0 Å². The monoisotopic (exact) mass is 609 g/mol. The van der Waals surface area contributed by atoms with Crippen LogP contribution in [0.4, 0.5) is 10.1 Å². The molecule has 4 rings (SSSR count). The molecular formula is C31H29BrFNO6. The highest BCUT2D eigenvalue weighted by molar-refractivity contribution is 9.10. The van der Waals surface area contributed by atoms with Crippen LogP contribution in [-0.4, -0.2) is 24.5 Å². The normalized spacial score (nSPS) is 17.0. The van der Waals surface area contributed by atoms with Crippen molar-refractivity contribution in [3.63, 3.8) is 0 Å². The molecule has 0 aromatic heterocycles. The molecule has 0 unspecified atom stereocenters. The molecule has 1 amide bonds. The van der Waals surface area contributed by atoms with Gasteiger partial charge in [0.1, 0.15) is 30.0 Å². The Hall–Kier alpha value is -3.98. The van der Waals surface area contributed by atoms with E-state index in [1.54, 1.807) is 47.4 Å². The third kappa shape index (κ3) is 6.77. The van der Waals surface area contributed by atoms with E-state index in [0.717, 1.165) is 10.0 Å². The van der Waals surface area contributed by atoms with Crippen molar-refractivity contribution in [2.24, 2.45) is 5.92 Å². The van der Waals surface area contributed by atoms with E-state index in [1.165, 1.54) is 26.0 Å². The number of ether oxygens (including phenoxy) is 3. The van der Waals surface area contributed by atoms with Crippen LogP contribution in [-0.2, 0) is 19.1 Å². The topological polar surface area (TPSA) is 82.1 Å². The van der Waals surface area contributed by atoms with Crippen molar-refractivity contribution >= 4 is 39.5 Å². The Morgan fingerprint density at radius 2 is 1.75 bits per heavy atom. The van der Waals surface area contributed by atoms with Crippen LogP contribution in [0.1, 0.15) is 50.0 Å². The minimum absolute atomic E-state index is 0.108. The van der Waals surface area contributed by atoms with Gasteiger partial charge in [-0.3, -0.25) is 14.4 Å². The lowest BCUT2D eigenvalue weighted by Gasteiger charge is -2.48. The highest BCUT2D eigenvalue weighted by Crippen LogP contribution is 2.49. The molecule has 1 aliphatic rings. The molecule has 0 spiro atoms. The first-order chi connectivity index (χ1) is 19.2. The summed E-state index contributed by atoms with van der Waals surface area (Å²) in [5.41, 5.74) is 2.09. The first-order valence-corrected chi connectivity index (χ1v) is 13.5. The summed E-state index contributed by atoms with van der Waals surface area (Å²) in [6.07, 6.45) is 1.77. The number of benzene rings is 3. The quantitative estimate of drug-likeness (QED) is 0.102. The number of esters is 2. The van der Waals surface area contributed by atoms with Crippen LogP contribution in [0.3, 0.4) is 0 Å². The Labute approximate surface area is 240 Å². The van der Waals surface area contributed by atoms with Crippen LogP contribution in [0.5, 0.6) is 11.5 Å². The number of halogens is 2. The highest BCUT2D eigenvalue weighted by Gasteiger charge is 2.49. The molecule has 3 atom stereocenters. The molecule has 0 bridgehead atoms. The van der Waals surface area contributed by atoms with Gasteiger partial charge in [0, 0.05) is 29.6 Å². The second kappa shape index (κ2) is 12.9. The number of anilines is 1. The van der Waals surface area contributed by atoms with Gasteiger partial charge in [-0.15, -0.1) is 0 Å². The van der Waals surface area contributed by atoms with Crippen molar-refractivity contribution in [3.8, 4) is 11.5 Å². The lowest BCUT2D eigenvalue weighted by atomic mass is 9.78. The average Bonchev–Trinajstić information content (AvgIpc) is 2.91. The fourth-order valence-corrected chi connectivity index (χ4v) is 5.18. The molecule has 1 aliphatic heterocycles. The maximum Gasteiger partial charge on any atom is 0.308 e. The van der Waals surface area contributed by atoms with Crippen LogP contribution in [0.25, 0.3) is 0 Å². The van der Waals surface area contributed by atoms with Gasteiger partial charge in [-0.25, -0.2) is 4.39 Å². The number of carbonyl (C=O) groups is 3. The third-order valence-corrected chi connectivity index (χ3v) is 7.02. The largest absolute Gasteiger partial charge is 0.489 e. The van der Waals surface area contributed by atoms with Gasteiger partial charge < -0.3 is 19.1 Å². The second-order valence-electron chi connectivity index (χ2n) is 9.36. The fourth-order valence-electron chi connectivity index (χ4n) is 4.84. The zero-order valence-corrected chi connectivity index (χ0v) is 23.7. The van der Waals surface area contributed by atoms with Crippen LogP contribution in [0.2, 0.25) is 0 Å². The number of β-lactam (4-membered cyclic amide) rings is 1. The van der Waals surface area contributed by atoms with Gasteiger partial charge >= 0.3 is 11.9 Å². The smallest absolute Gasteiger partial charge is 0.308 e. The van der Waals surface area contributed by atoms with Gasteiger partial charge in [0.2, 0.25) is 5.91 Å². The molecule has 0 radical (unpaired) electrons. The molecule has 0 aliphatic carbocycles. The van der Waals surface area contributed by atoms with Gasteiger partial charge in [-0.1, -0.05) is 46.8 Å². The van der Waals surface area contributed by atoms with E-state index in [0.29, 0.717) is 35.6 Å². The van der Waals surface area contributed by atoms with Gasteiger partial charge in [-0.05, 0) is 66.9 Å². The van der Waals surface area contributed by atoms with E-state index >= 15 is 0 Å². The van der Waals surface area contributed by atoms with Crippen molar-refractivity contribution in [3.05, 3.63) is 101 Å². The summed E-state index contributed by atoms with van der Waals surface area (Å²) < 4.78 is 31.0. The summed E-state index contributed by atoms with van der Waals surface area (Å²) in [5.74, 6) is -0.867. The maximum absolute atomic E-state index is 13.6. The summed E-state index contributed by atoms with van der Waals surface area (Å²) >= 11 is 3.49. The molecule has 0 saturated carbocycles. The Morgan fingerprint density at radius 3 is 2.38 bits per heavy atom. The Bertz CT molecular complexity index is 1390. The summed E-state index contributed by atoms with van der Waals surface area (Å²) in [6.45, 7) is 6.65. The summed E-state index contributed by atoms with van der Waals surface area (Å²) in [5, 5.41) is 0. The van der Waals surface area contributed by atoms with Crippen molar-refractivity contribution in [1.82, 2.24) is 0 Å². The number of amides is 1. The zero-order chi connectivity index (χ0) is 28.8. The third-order valence-electron chi connectivity index (χ3n) is 6.53.